The van der Waals surface area contributed by atoms with E-state index < -0.39 is 5.78 Å². The van der Waals surface area contributed by atoms with E-state index >= 15 is 0 Å². The van der Waals surface area contributed by atoms with E-state index in [2.05, 4.69) is 9.97 Å². The highest BCUT2D eigenvalue weighted by Gasteiger charge is 1.96. The van der Waals surface area contributed by atoms with Crippen LogP contribution in [0.4, 0.5) is 0 Å². The third-order valence-electron chi connectivity index (χ3n) is 0.834. The van der Waals surface area contributed by atoms with Crippen molar-refractivity contribution >= 4 is 5.78 Å². The number of hydrogen-bond acceptors (Lipinski definition) is 3. The first-order chi connectivity index (χ1) is 4.30. The van der Waals surface area contributed by atoms with Crippen LogP contribution < -0.4 is 0 Å². The van der Waals surface area contributed by atoms with Crippen LogP contribution in [0.25, 0.3) is 0 Å². The minimum Gasteiger partial charge on any atom is -0.292 e. The Balaban J connectivity index is 2.98. The molecule has 0 aliphatic heterocycles. The molecule has 1 aromatic heterocycles. The summed E-state index contributed by atoms with van der Waals surface area (Å²) in [5.41, 5.74) is 0.241. The fraction of sp³-hybridized carbons (Fsp3) is 0. The van der Waals surface area contributed by atoms with Gasteiger partial charge >= 0.3 is 0 Å². The lowest BCUT2D eigenvalue weighted by atomic mass is 10.3. The van der Waals surface area contributed by atoms with Crippen LogP contribution in [0, 0.1) is 6.92 Å². The van der Waals surface area contributed by atoms with Gasteiger partial charge in [0.15, 0.2) is 5.78 Å². The molecule has 0 amide bonds. The predicted octanol–water partition coefficient (Wildman–Crippen LogP) is 0.370. The third kappa shape index (κ3) is 1.32. The average molecular weight is 120 g/mol. The van der Waals surface area contributed by atoms with Gasteiger partial charge in [0.25, 0.3) is 0 Å². The van der Waals surface area contributed by atoms with Crippen LogP contribution in [0.5, 0.6) is 0 Å². The quantitative estimate of drug-likeness (QED) is 0.503. The van der Waals surface area contributed by atoms with Crippen molar-refractivity contribution in [1.82, 2.24) is 9.97 Å². The molecule has 0 N–H and O–H groups in total. The zero-order valence-electron chi connectivity index (χ0n) is 4.61. The van der Waals surface area contributed by atoms with Crippen molar-refractivity contribution in [3.05, 3.63) is 31.2 Å². The summed E-state index contributed by atoms with van der Waals surface area (Å²) in [5.74, 6) is -0.530. The Kier molecular flexibility index (Phi) is 1.53. The lowest BCUT2D eigenvalue weighted by Crippen LogP contribution is -1.95. The van der Waals surface area contributed by atoms with Crippen LogP contribution in [0.15, 0.2) is 18.6 Å². The third-order valence-corrected chi connectivity index (χ3v) is 0.834. The second-order valence-corrected chi connectivity index (χ2v) is 1.46. The van der Waals surface area contributed by atoms with Gasteiger partial charge in [0.05, 0.1) is 0 Å². The van der Waals surface area contributed by atoms with Gasteiger partial charge in [0, 0.05) is 13.1 Å². The van der Waals surface area contributed by atoms with Gasteiger partial charge in [-0.15, -0.1) is 0 Å². The molecule has 0 spiro atoms. The Labute approximate surface area is 52.8 Å². The monoisotopic (exact) mass is 120 g/mol. The van der Waals surface area contributed by atoms with Crippen LogP contribution in [-0.4, -0.2) is 15.8 Å². The van der Waals surface area contributed by atoms with Crippen LogP contribution in [0.2, 0.25) is 0 Å². The summed E-state index contributed by atoms with van der Waals surface area (Å²) in [6.45, 7) is 4.88. The fourth-order valence-electron chi connectivity index (χ4n) is 0.436. The maximum atomic E-state index is 10.3. The summed E-state index contributed by atoms with van der Waals surface area (Å²) in [6.07, 6.45) is 2.74. The van der Waals surface area contributed by atoms with E-state index in [9.17, 15) is 4.79 Å². The van der Waals surface area contributed by atoms with Crippen molar-refractivity contribution in [1.29, 1.82) is 0 Å². The Morgan fingerprint density at radius 3 is 2.78 bits per heavy atom. The summed E-state index contributed by atoms with van der Waals surface area (Å²) in [7, 11) is 0. The van der Waals surface area contributed by atoms with E-state index in [4.69, 9.17) is 6.92 Å². The highest BCUT2D eigenvalue weighted by molar-refractivity contribution is 5.97. The van der Waals surface area contributed by atoms with E-state index in [1.54, 1.807) is 0 Å². The van der Waals surface area contributed by atoms with Gasteiger partial charge < -0.3 is 0 Å². The summed E-state index contributed by atoms with van der Waals surface area (Å²) < 4.78 is 0. The predicted molar refractivity (Wildman–Crippen MR) is 30.7 cm³/mol. The molecule has 1 aromatic rings. The Morgan fingerprint density at radius 2 is 2.44 bits per heavy atom. The molecule has 0 saturated carbocycles. The molecule has 0 fully saturated rings. The number of Topliss-reactive ketones (excluding diaryl/α,β-unsaturated/α-hetero) is 1. The standard InChI is InChI=1S/C6H4N2O/c1-5(9)6-2-3-7-4-8-6/h1-4H. The van der Waals surface area contributed by atoms with Crippen LogP contribution in [-0.2, 0) is 0 Å². The van der Waals surface area contributed by atoms with Gasteiger partial charge in [0.2, 0.25) is 0 Å². The first kappa shape index (κ1) is 5.88. The smallest absolute Gasteiger partial charge is 0.185 e. The molecule has 0 saturated heterocycles. The maximum absolute atomic E-state index is 10.3. The number of ketones is 1. The Hall–Kier alpha value is -1.25. The molecule has 2 radical (unpaired) electrons. The molecular weight excluding hydrogens is 116 g/mol. The Bertz CT molecular complexity index is 208. The molecule has 1 heterocycles. The second kappa shape index (κ2) is 2.35. The Morgan fingerprint density at radius 1 is 1.67 bits per heavy atom. The molecule has 0 bridgehead atoms. The number of nitrogens with zero attached hydrogens (tertiary/aromatic N) is 2. The molecule has 0 atom stereocenters. The molecule has 0 unspecified atom stereocenters. The lowest BCUT2D eigenvalue weighted by Gasteiger charge is -1.87. The highest BCUT2D eigenvalue weighted by atomic mass is 16.1. The van der Waals surface area contributed by atoms with Gasteiger partial charge in [-0.05, 0) is 6.07 Å². The normalized spacial score (nSPS) is 9.00. The van der Waals surface area contributed by atoms with Gasteiger partial charge in [-0.2, -0.15) is 0 Å². The van der Waals surface area contributed by atoms with Crippen molar-refractivity contribution in [2.45, 2.75) is 0 Å². The summed E-state index contributed by atoms with van der Waals surface area (Å²) in [5, 5.41) is 0. The van der Waals surface area contributed by atoms with Crippen molar-refractivity contribution in [2.75, 3.05) is 0 Å². The van der Waals surface area contributed by atoms with E-state index in [1.807, 2.05) is 0 Å². The maximum Gasteiger partial charge on any atom is 0.185 e. The minimum absolute atomic E-state index is 0.241. The van der Waals surface area contributed by atoms with Crippen LogP contribution >= 0.6 is 0 Å². The highest BCUT2D eigenvalue weighted by Crippen LogP contribution is 1.89. The van der Waals surface area contributed by atoms with E-state index in [0.29, 0.717) is 0 Å². The number of hydrogen-bond donors (Lipinski definition) is 0. The molecule has 9 heavy (non-hydrogen) atoms. The summed E-state index contributed by atoms with van der Waals surface area (Å²) in [6, 6.07) is 1.46. The largest absolute Gasteiger partial charge is 0.292 e. The van der Waals surface area contributed by atoms with Crippen LogP contribution in [0.1, 0.15) is 10.5 Å². The molecule has 0 aromatic carbocycles. The first-order valence-corrected chi connectivity index (χ1v) is 2.36. The van der Waals surface area contributed by atoms with Gasteiger partial charge in [-0.1, -0.05) is 0 Å². The molecular formula is C6H4N2O. The van der Waals surface area contributed by atoms with Gasteiger partial charge in [0.1, 0.15) is 12.0 Å². The second-order valence-electron chi connectivity index (χ2n) is 1.46. The lowest BCUT2D eigenvalue weighted by molar-refractivity contribution is 0.103. The van der Waals surface area contributed by atoms with Gasteiger partial charge in [-0.25, -0.2) is 9.97 Å². The fourth-order valence-corrected chi connectivity index (χ4v) is 0.436. The van der Waals surface area contributed by atoms with E-state index in [0.717, 1.165) is 0 Å². The summed E-state index contributed by atoms with van der Waals surface area (Å²) >= 11 is 0. The van der Waals surface area contributed by atoms with Crippen LogP contribution in [0.3, 0.4) is 0 Å². The zero-order valence-corrected chi connectivity index (χ0v) is 4.61. The molecule has 0 aliphatic carbocycles. The van der Waals surface area contributed by atoms with Crippen molar-refractivity contribution in [3.63, 3.8) is 0 Å². The molecule has 3 heteroatoms. The van der Waals surface area contributed by atoms with E-state index in [1.165, 1.54) is 18.6 Å². The number of carbonyl (C=O) groups is 1. The number of rotatable bonds is 1. The average Bonchev–Trinajstić information content (AvgIpc) is 1.90. The number of carbonyl (C=O) groups excluding carboxylic acids is 1. The summed E-state index contributed by atoms with van der Waals surface area (Å²) in [4.78, 5) is 17.5. The molecule has 3 nitrogen and oxygen atoms in total. The van der Waals surface area contributed by atoms with Crippen molar-refractivity contribution in [2.24, 2.45) is 0 Å². The molecule has 44 valence electrons. The SMILES string of the molecule is [CH]C(=O)c1ccncn1. The van der Waals surface area contributed by atoms with Gasteiger partial charge in [-0.3, -0.25) is 4.79 Å². The topological polar surface area (TPSA) is 42.9 Å². The zero-order chi connectivity index (χ0) is 6.69. The van der Waals surface area contributed by atoms with E-state index in [-0.39, 0.29) is 5.69 Å². The number of aromatic nitrogens is 2. The minimum atomic E-state index is -0.530. The molecule has 0 aliphatic rings. The first-order valence-electron chi connectivity index (χ1n) is 2.36. The molecule has 1 rings (SSSR count). The van der Waals surface area contributed by atoms with Crippen molar-refractivity contribution < 1.29 is 4.79 Å². The van der Waals surface area contributed by atoms with Crippen molar-refractivity contribution in [3.8, 4) is 0 Å².